The Balaban J connectivity index is 0.000000920. The van der Waals surface area contributed by atoms with Crippen molar-refractivity contribution in [1.82, 2.24) is 13.0 Å². The maximum Gasteiger partial charge on any atom is 0.302 e. The zero-order valence-electron chi connectivity index (χ0n) is 44.7. The average molecular weight is 1160 g/mol. The Hall–Kier alpha value is -4.61. The second kappa shape index (κ2) is 39.7. The van der Waals surface area contributed by atoms with Crippen molar-refractivity contribution in [2.45, 2.75) is 142 Å². The molecule has 15 nitrogen and oxygen atoms in total. The molecule has 0 radical (unpaired) electrons. The molecule has 0 saturated carbocycles. The number of rotatable bonds is 23. The lowest BCUT2D eigenvalue weighted by Gasteiger charge is -2.07. The highest BCUT2D eigenvalue weighted by Gasteiger charge is 2.22. The van der Waals surface area contributed by atoms with Gasteiger partial charge in [-0.05, 0) is 116 Å². The number of amides is 1. The smallest absolute Gasteiger partial charge is 0.302 e. The van der Waals surface area contributed by atoms with Crippen LogP contribution in [0.5, 0.6) is 11.5 Å². The van der Waals surface area contributed by atoms with E-state index in [1.807, 2.05) is 53.9 Å². The maximum atomic E-state index is 11.9. The van der Waals surface area contributed by atoms with E-state index in [-0.39, 0.29) is 21.3 Å². The van der Waals surface area contributed by atoms with E-state index in [4.69, 9.17) is 9.29 Å². The van der Waals surface area contributed by atoms with E-state index >= 15 is 0 Å². The van der Waals surface area contributed by atoms with Gasteiger partial charge < -0.3 is 9.29 Å². The SMILES string of the molecule is CCCCCS.CCCCCS(=O)(=O)NC(C)=O.CCCCCS(=O)(=O)NS(=O)(=O)c1ccccc1.CCc1ccc(C)cc1.CCc1ccc(O)cc1.CCc1ccc(OS(=O)NS(=O)(=O)c2ccccc2)cc1. The number of sulfonamides is 4. The normalized spacial score (nSPS) is 11.4. The van der Waals surface area contributed by atoms with Crippen LogP contribution in [0, 0.1) is 6.92 Å². The molecule has 4 N–H and O–H groups in total. The molecule has 0 aliphatic carbocycles. The van der Waals surface area contributed by atoms with Crippen LogP contribution in [0.2, 0.25) is 0 Å². The minimum Gasteiger partial charge on any atom is -0.508 e. The predicted octanol–water partition coefficient (Wildman–Crippen LogP) is 10.9. The van der Waals surface area contributed by atoms with Gasteiger partial charge in [-0.15, -0.1) is 4.13 Å². The number of hydrogen-bond donors (Lipinski definition) is 5. The molecule has 0 heterocycles. The van der Waals surface area contributed by atoms with Crippen LogP contribution in [0.1, 0.15) is 129 Å². The van der Waals surface area contributed by atoms with Crippen LogP contribution in [-0.2, 0) is 75.4 Å². The molecule has 0 aliphatic rings. The summed E-state index contributed by atoms with van der Waals surface area (Å²) in [4.78, 5) is 10.4. The molecule has 1 unspecified atom stereocenters. The number of phenolic OH excluding ortho intramolecular Hbond substituents is 1. The van der Waals surface area contributed by atoms with Gasteiger partial charge in [0.25, 0.3) is 20.0 Å². The maximum absolute atomic E-state index is 11.9. The van der Waals surface area contributed by atoms with Crippen molar-refractivity contribution >= 4 is 69.9 Å². The summed E-state index contributed by atoms with van der Waals surface area (Å²) in [7, 11) is -15.0. The summed E-state index contributed by atoms with van der Waals surface area (Å²) in [5.74, 6) is 1.07. The van der Waals surface area contributed by atoms with Crippen molar-refractivity contribution in [1.29, 1.82) is 0 Å². The van der Waals surface area contributed by atoms with Gasteiger partial charge in [-0.25, -0.2) is 33.7 Å². The van der Waals surface area contributed by atoms with Gasteiger partial charge in [-0.1, -0.05) is 175 Å². The molecule has 0 bridgehead atoms. The first kappa shape index (κ1) is 70.4. The second-order valence-corrected chi connectivity index (χ2v) is 25.5. The Kier molecular flexibility index (Phi) is 37.3. The third-order valence-corrected chi connectivity index (χ3v) is 18.0. The van der Waals surface area contributed by atoms with Crippen LogP contribution in [0.25, 0.3) is 0 Å². The van der Waals surface area contributed by atoms with Gasteiger partial charge >= 0.3 is 11.3 Å². The summed E-state index contributed by atoms with van der Waals surface area (Å²) in [5.41, 5.74) is 5.12. The van der Waals surface area contributed by atoms with Crippen molar-refractivity contribution < 1.29 is 52.0 Å². The van der Waals surface area contributed by atoms with Crippen molar-refractivity contribution in [2.24, 2.45) is 0 Å². The molecule has 0 saturated heterocycles. The largest absolute Gasteiger partial charge is 0.508 e. The molecule has 420 valence electrons. The number of unbranched alkanes of at least 4 members (excludes halogenated alkanes) is 6. The van der Waals surface area contributed by atoms with Crippen LogP contribution in [-0.4, -0.2) is 66.2 Å². The Morgan fingerprint density at radius 2 is 0.920 bits per heavy atom. The highest BCUT2D eigenvalue weighted by molar-refractivity contribution is 8.04. The van der Waals surface area contributed by atoms with Crippen molar-refractivity contribution in [2.75, 3.05) is 17.3 Å². The Labute approximate surface area is 458 Å². The lowest BCUT2D eigenvalue weighted by Crippen LogP contribution is -2.32. The fraction of sp³-hybridized carbons (Fsp3) is 0.426. The van der Waals surface area contributed by atoms with Gasteiger partial charge in [0, 0.05) is 6.92 Å². The number of thiol groups is 1. The molecular weight excluding hydrogens is 1080 g/mol. The third kappa shape index (κ3) is 35.4. The number of aromatic hydroxyl groups is 1. The zero-order valence-corrected chi connectivity index (χ0v) is 49.7. The van der Waals surface area contributed by atoms with Crippen LogP contribution in [0.15, 0.2) is 143 Å². The standard InChI is InChI=1S/C14H15NO4S2.C11H17NO4S2.C9H12.C8H10O.C7H15NO3S.C5H12S/c1-2-12-8-10-13(11-9-12)19-20(16)15-21(17,18)14-6-4-3-5-7-14;1-2-3-7-10-17(13,14)12-18(15,16)11-8-5-4-6-9-11;1-3-9-6-4-8(2)5-7-9;1-2-7-3-5-8(9)6-4-7;1-3-4-5-6-12(10,11)8-7(2)9;1-2-3-4-5-6/h3-11,15H,2H2,1H3;4-6,8-9,12H,2-3,7,10H2,1H3;4-7H,3H2,1-2H3;3-6,9H,2H2,1H3;3-6H2,1-2H3,(H,8,9);6H,2-5H2,1H3. The first-order valence-electron chi connectivity index (χ1n) is 25.0. The monoisotopic (exact) mass is 1160 g/mol. The van der Waals surface area contributed by atoms with Gasteiger partial charge in [0.1, 0.15) is 11.5 Å². The number of carbonyl (C=O) groups excluding carboxylic acids is 1. The molecular formula is C54H81N3O12S6. The Morgan fingerprint density at radius 1 is 0.533 bits per heavy atom. The third-order valence-electron chi connectivity index (χ3n) is 9.99. The highest BCUT2D eigenvalue weighted by atomic mass is 32.3. The van der Waals surface area contributed by atoms with E-state index in [1.165, 1.54) is 79.3 Å². The van der Waals surface area contributed by atoms with Crippen LogP contribution < -0.4 is 17.2 Å². The quantitative estimate of drug-likeness (QED) is 0.0303. The summed E-state index contributed by atoms with van der Waals surface area (Å²) in [6.45, 7) is 15.7. The number of phenols is 1. The molecule has 1 atom stereocenters. The molecule has 5 rings (SSSR count). The zero-order chi connectivity index (χ0) is 56.8. The second-order valence-electron chi connectivity index (χ2n) is 16.6. The topological polar surface area (TPSA) is 236 Å². The lowest BCUT2D eigenvalue weighted by atomic mass is 10.1. The van der Waals surface area contributed by atoms with Crippen LogP contribution >= 0.6 is 12.6 Å². The Morgan fingerprint density at radius 3 is 1.31 bits per heavy atom. The number of hydrogen-bond acceptors (Lipinski definition) is 13. The summed E-state index contributed by atoms with van der Waals surface area (Å²) in [5, 5.41) is 8.85. The van der Waals surface area contributed by atoms with Crippen molar-refractivity contribution in [3.63, 3.8) is 0 Å². The summed E-state index contributed by atoms with van der Waals surface area (Å²) in [6, 6.07) is 38.0. The molecule has 0 aromatic heterocycles. The minimum atomic E-state index is -3.99. The van der Waals surface area contributed by atoms with E-state index in [0.717, 1.165) is 56.3 Å². The van der Waals surface area contributed by atoms with Gasteiger partial charge in [0.05, 0.1) is 21.3 Å². The Bertz CT molecular complexity index is 2720. The van der Waals surface area contributed by atoms with Crippen molar-refractivity contribution in [3.05, 3.63) is 156 Å². The van der Waals surface area contributed by atoms with Gasteiger partial charge in [-0.2, -0.15) is 16.8 Å². The molecule has 1 amide bonds. The van der Waals surface area contributed by atoms with E-state index in [0.29, 0.717) is 24.3 Å². The van der Waals surface area contributed by atoms with E-state index in [1.54, 1.807) is 52.7 Å². The van der Waals surface area contributed by atoms with Gasteiger partial charge in [0.15, 0.2) is 0 Å². The molecule has 75 heavy (non-hydrogen) atoms. The number of aryl methyl sites for hydroxylation is 4. The molecule has 0 spiro atoms. The first-order valence-corrected chi connectivity index (χ1v) is 32.9. The van der Waals surface area contributed by atoms with E-state index < -0.39 is 57.3 Å². The number of carbonyl (C=O) groups is 1. The minimum absolute atomic E-state index is 0.0308. The fourth-order valence-corrected chi connectivity index (χ4v) is 12.3. The molecule has 0 aliphatic heterocycles. The fourth-order valence-electron chi connectivity index (χ4n) is 5.75. The predicted molar refractivity (Wildman–Crippen MR) is 310 cm³/mol. The summed E-state index contributed by atoms with van der Waals surface area (Å²) >= 11 is 1.87. The van der Waals surface area contributed by atoms with E-state index in [2.05, 4.69) is 64.6 Å². The highest BCUT2D eigenvalue weighted by Crippen LogP contribution is 2.15. The lowest BCUT2D eigenvalue weighted by molar-refractivity contribution is -0.117. The van der Waals surface area contributed by atoms with Gasteiger partial charge in [-0.3, -0.25) is 9.52 Å². The van der Waals surface area contributed by atoms with Gasteiger partial charge in [0.2, 0.25) is 26.0 Å². The van der Waals surface area contributed by atoms with Crippen LogP contribution in [0.4, 0.5) is 0 Å². The molecule has 5 aromatic carbocycles. The average Bonchev–Trinajstić information content (AvgIpc) is 3.37. The molecule has 21 heteroatoms. The van der Waals surface area contributed by atoms with Crippen molar-refractivity contribution in [3.8, 4) is 11.5 Å². The van der Waals surface area contributed by atoms with E-state index in [9.17, 15) is 42.7 Å². The first-order chi connectivity index (χ1) is 35.4. The molecule has 0 fully saturated rings. The number of benzene rings is 5. The number of nitrogens with one attached hydrogen (secondary N) is 3. The molecule has 5 aromatic rings. The van der Waals surface area contributed by atoms with Crippen LogP contribution in [0.3, 0.4) is 0 Å². The summed E-state index contributed by atoms with van der Waals surface area (Å²) in [6.07, 6.45) is 11.5. The summed E-state index contributed by atoms with van der Waals surface area (Å²) < 4.78 is 115.